The van der Waals surface area contributed by atoms with Crippen LogP contribution in [-0.4, -0.2) is 32.3 Å². The fourth-order valence-electron chi connectivity index (χ4n) is 2.32. The highest BCUT2D eigenvalue weighted by atomic mass is 16.5. The molecule has 1 aliphatic rings. The number of piperidine rings is 1. The van der Waals surface area contributed by atoms with Crippen LogP contribution in [0.15, 0.2) is 30.3 Å². The Morgan fingerprint density at radius 2 is 2.11 bits per heavy atom. The maximum absolute atomic E-state index is 11.4. The van der Waals surface area contributed by atoms with Crippen LogP contribution in [0.25, 0.3) is 0 Å². The van der Waals surface area contributed by atoms with Gasteiger partial charge in [-0.25, -0.2) is 0 Å². The van der Waals surface area contributed by atoms with Gasteiger partial charge in [0.25, 0.3) is 0 Å². The van der Waals surface area contributed by atoms with E-state index in [4.69, 9.17) is 9.47 Å². The van der Waals surface area contributed by atoms with Gasteiger partial charge in [0.05, 0.1) is 20.3 Å². The maximum atomic E-state index is 11.4. The van der Waals surface area contributed by atoms with Crippen LogP contribution in [0.1, 0.15) is 18.4 Å². The van der Waals surface area contributed by atoms with Crippen molar-refractivity contribution in [2.45, 2.75) is 25.5 Å². The molecule has 0 saturated carbocycles. The highest BCUT2D eigenvalue weighted by Gasteiger charge is 2.26. The van der Waals surface area contributed by atoms with E-state index in [1.165, 1.54) is 12.7 Å². The first-order valence-corrected chi connectivity index (χ1v) is 6.72. The van der Waals surface area contributed by atoms with Crippen molar-refractivity contribution in [3.63, 3.8) is 0 Å². The van der Waals surface area contributed by atoms with Crippen molar-refractivity contribution in [3.8, 4) is 0 Å². The van der Waals surface area contributed by atoms with Gasteiger partial charge in [0.1, 0.15) is 6.04 Å². The number of carbonyl (C=O) groups is 1. The molecule has 1 aliphatic heterocycles. The smallest absolute Gasteiger partial charge is 0.322 e. The summed E-state index contributed by atoms with van der Waals surface area (Å²) in [5, 5.41) is 3.21. The number of methoxy groups -OCH3 is 1. The van der Waals surface area contributed by atoms with Crippen LogP contribution in [-0.2, 0) is 20.9 Å². The minimum atomic E-state index is -0.163. The molecule has 2 rings (SSSR count). The molecule has 0 aromatic heterocycles. The molecule has 19 heavy (non-hydrogen) atoms. The summed E-state index contributed by atoms with van der Waals surface area (Å²) in [6.45, 7) is 2.20. The molecule has 4 nitrogen and oxygen atoms in total. The van der Waals surface area contributed by atoms with Gasteiger partial charge in [-0.3, -0.25) is 4.79 Å². The lowest BCUT2D eigenvalue weighted by Gasteiger charge is -2.28. The molecule has 2 atom stereocenters. The van der Waals surface area contributed by atoms with Gasteiger partial charge in [-0.2, -0.15) is 0 Å². The van der Waals surface area contributed by atoms with E-state index in [0.29, 0.717) is 12.5 Å². The van der Waals surface area contributed by atoms with Crippen LogP contribution in [0.5, 0.6) is 0 Å². The largest absolute Gasteiger partial charge is 0.468 e. The zero-order valence-electron chi connectivity index (χ0n) is 11.3. The molecule has 0 radical (unpaired) electrons. The summed E-state index contributed by atoms with van der Waals surface area (Å²) in [6.07, 6.45) is 1.83. The van der Waals surface area contributed by atoms with Gasteiger partial charge < -0.3 is 14.8 Å². The third-order valence-electron chi connectivity index (χ3n) is 3.47. The predicted molar refractivity (Wildman–Crippen MR) is 72.6 cm³/mol. The van der Waals surface area contributed by atoms with E-state index in [1.807, 2.05) is 18.2 Å². The molecule has 1 heterocycles. The predicted octanol–water partition coefficient (Wildman–Crippen LogP) is 1.74. The summed E-state index contributed by atoms with van der Waals surface area (Å²) in [4.78, 5) is 11.4. The lowest BCUT2D eigenvalue weighted by atomic mass is 9.95. The second-order valence-electron chi connectivity index (χ2n) is 4.93. The highest BCUT2D eigenvalue weighted by molar-refractivity contribution is 5.75. The molecule has 1 aromatic carbocycles. The summed E-state index contributed by atoms with van der Waals surface area (Å²) in [5.41, 5.74) is 1.19. The van der Waals surface area contributed by atoms with E-state index in [2.05, 4.69) is 17.4 Å². The third-order valence-corrected chi connectivity index (χ3v) is 3.47. The Labute approximate surface area is 114 Å². The van der Waals surface area contributed by atoms with E-state index >= 15 is 0 Å². The van der Waals surface area contributed by atoms with Crippen molar-refractivity contribution in [2.75, 3.05) is 20.3 Å². The number of esters is 1. The van der Waals surface area contributed by atoms with Gasteiger partial charge in [-0.1, -0.05) is 30.3 Å². The lowest BCUT2D eigenvalue weighted by Crippen LogP contribution is -2.45. The van der Waals surface area contributed by atoms with Crippen molar-refractivity contribution in [3.05, 3.63) is 35.9 Å². The normalized spacial score (nSPS) is 23.0. The van der Waals surface area contributed by atoms with Gasteiger partial charge in [-0.15, -0.1) is 0 Å². The molecule has 104 valence electrons. The van der Waals surface area contributed by atoms with Crippen molar-refractivity contribution in [1.82, 2.24) is 5.32 Å². The number of ether oxygens (including phenoxy) is 2. The first kappa shape index (κ1) is 14.0. The molecule has 1 aromatic rings. The van der Waals surface area contributed by atoms with Gasteiger partial charge in [0.15, 0.2) is 0 Å². The summed E-state index contributed by atoms with van der Waals surface area (Å²) in [6, 6.07) is 10.0. The number of carbonyl (C=O) groups excluding carboxylic acids is 1. The number of hydrogen-bond donors (Lipinski definition) is 1. The van der Waals surface area contributed by atoms with E-state index in [0.717, 1.165) is 26.0 Å². The Kier molecular flexibility index (Phi) is 5.36. The van der Waals surface area contributed by atoms with E-state index in [1.54, 1.807) is 0 Å². The Balaban J connectivity index is 1.65. The zero-order valence-corrected chi connectivity index (χ0v) is 11.3. The summed E-state index contributed by atoms with van der Waals surface area (Å²) >= 11 is 0. The molecular formula is C15H21NO3. The first-order valence-electron chi connectivity index (χ1n) is 6.72. The average molecular weight is 263 g/mol. The molecule has 0 spiro atoms. The zero-order chi connectivity index (χ0) is 13.5. The minimum absolute atomic E-state index is 0.143. The fourth-order valence-corrected chi connectivity index (χ4v) is 2.32. The molecule has 0 aliphatic carbocycles. The van der Waals surface area contributed by atoms with Crippen LogP contribution < -0.4 is 5.32 Å². The number of benzene rings is 1. The Bertz CT molecular complexity index is 386. The highest BCUT2D eigenvalue weighted by Crippen LogP contribution is 2.16. The van der Waals surface area contributed by atoms with Crippen LogP contribution in [0.4, 0.5) is 0 Å². The molecule has 1 N–H and O–H groups in total. The average Bonchev–Trinajstić information content (AvgIpc) is 2.48. The second kappa shape index (κ2) is 7.26. The van der Waals surface area contributed by atoms with Gasteiger partial charge in [-0.05, 0) is 24.3 Å². The Morgan fingerprint density at radius 1 is 1.32 bits per heavy atom. The van der Waals surface area contributed by atoms with E-state index in [9.17, 15) is 4.79 Å². The topological polar surface area (TPSA) is 47.6 Å². The molecule has 4 heteroatoms. The monoisotopic (exact) mass is 263 g/mol. The summed E-state index contributed by atoms with van der Waals surface area (Å²) < 4.78 is 10.5. The molecule has 1 fully saturated rings. The maximum Gasteiger partial charge on any atom is 0.322 e. The van der Waals surface area contributed by atoms with Crippen LogP contribution >= 0.6 is 0 Å². The summed E-state index contributed by atoms with van der Waals surface area (Å²) in [7, 11) is 1.43. The fraction of sp³-hybridized carbons (Fsp3) is 0.533. The van der Waals surface area contributed by atoms with Crippen molar-refractivity contribution < 1.29 is 14.3 Å². The van der Waals surface area contributed by atoms with Crippen LogP contribution in [0.2, 0.25) is 0 Å². The van der Waals surface area contributed by atoms with Crippen molar-refractivity contribution in [1.29, 1.82) is 0 Å². The van der Waals surface area contributed by atoms with Gasteiger partial charge >= 0.3 is 5.97 Å². The van der Waals surface area contributed by atoms with E-state index < -0.39 is 0 Å². The Morgan fingerprint density at radius 3 is 2.74 bits per heavy atom. The first-order chi connectivity index (χ1) is 9.29. The van der Waals surface area contributed by atoms with Gasteiger partial charge in [0.2, 0.25) is 0 Å². The minimum Gasteiger partial charge on any atom is -0.468 e. The standard InChI is InChI=1S/C15H21NO3/c1-18-15(17)14-8-7-13(9-16-14)11-19-10-12-5-3-2-4-6-12/h2-6,13-14,16H,7-11H2,1H3/t13-,14+/m1/s1. The molecule has 1 saturated heterocycles. The quantitative estimate of drug-likeness (QED) is 0.822. The van der Waals surface area contributed by atoms with E-state index in [-0.39, 0.29) is 12.0 Å². The Hall–Kier alpha value is -1.39. The molecule has 0 bridgehead atoms. The SMILES string of the molecule is COC(=O)[C@@H]1CC[C@@H](COCc2ccccc2)CN1. The number of nitrogens with one attached hydrogen (secondary N) is 1. The lowest BCUT2D eigenvalue weighted by molar-refractivity contribution is -0.144. The molecule has 0 unspecified atom stereocenters. The van der Waals surface area contributed by atoms with Crippen molar-refractivity contribution in [2.24, 2.45) is 5.92 Å². The number of hydrogen-bond acceptors (Lipinski definition) is 4. The third kappa shape index (κ3) is 4.33. The van der Waals surface area contributed by atoms with Crippen molar-refractivity contribution >= 4 is 5.97 Å². The molecule has 0 amide bonds. The summed E-state index contributed by atoms with van der Waals surface area (Å²) in [5.74, 6) is 0.313. The second-order valence-corrected chi connectivity index (χ2v) is 4.93. The van der Waals surface area contributed by atoms with Crippen LogP contribution in [0, 0.1) is 5.92 Å². The molecular weight excluding hydrogens is 242 g/mol. The van der Waals surface area contributed by atoms with Gasteiger partial charge in [0, 0.05) is 6.54 Å². The number of rotatable bonds is 5. The van der Waals surface area contributed by atoms with Crippen LogP contribution in [0.3, 0.4) is 0 Å².